The number of aliphatic hydroxyl groups excluding tert-OH is 1. The van der Waals surface area contributed by atoms with Crippen LogP contribution in [0, 0.1) is 23.0 Å². The number of pyridine rings is 1. The van der Waals surface area contributed by atoms with Crippen LogP contribution in [-0.4, -0.2) is 38.2 Å². The number of ether oxygens (including phenoxy) is 2. The Balaban J connectivity index is 1.78. The number of aliphatic hydroxyl groups is 1. The van der Waals surface area contributed by atoms with Gasteiger partial charge in [0.25, 0.3) is 5.88 Å². The fourth-order valence-corrected chi connectivity index (χ4v) is 6.01. The molecule has 6 nitrogen and oxygen atoms in total. The van der Waals surface area contributed by atoms with Crippen LogP contribution in [0.1, 0.15) is 50.3 Å². The molecule has 1 aromatic heterocycles. The minimum absolute atomic E-state index is 0.00503. The summed E-state index contributed by atoms with van der Waals surface area (Å²) < 4.78 is 49.3. The van der Waals surface area contributed by atoms with E-state index in [0.717, 1.165) is 6.07 Å². The van der Waals surface area contributed by atoms with Gasteiger partial charge in [-0.15, -0.1) is 0 Å². The fraction of sp³-hybridized carbons (Fsp3) is 0.400. The zero-order valence-corrected chi connectivity index (χ0v) is 25.2. The lowest BCUT2D eigenvalue weighted by atomic mass is 9.78. The summed E-state index contributed by atoms with van der Waals surface area (Å²) in [4.78, 5) is 4.00. The van der Waals surface area contributed by atoms with E-state index in [-0.39, 0.29) is 51.6 Å². The number of hydrogen-bond acceptors (Lipinski definition) is 6. The van der Waals surface area contributed by atoms with Crippen molar-refractivity contribution in [1.82, 2.24) is 4.98 Å². The summed E-state index contributed by atoms with van der Waals surface area (Å²) in [5.74, 6) is -2.65. The van der Waals surface area contributed by atoms with Crippen molar-refractivity contribution in [3.05, 3.63) is 75.9 Å². The van der Waals surface area contributed by atoms with Crippen LogP contribution in [0.5, 0.6) is 11.6 Å². The van der Waals surface area contributed by atoms with E-state index in [4.69, 9.17) is 25.5 Å². The molecule has 0 saturated carbocycles. The maximum Gasteiger partial charge on any atom is 0.251 e. The number of fused-ring (bicyclic) bond motifs is 1. The second-order valence-corrected chi connectivity index (χ2v) is 16.6. The molecule has 1 aliphatic rings. The first kappa shape index (κ1) is 29.9. The molecule has 0 saturated heterocycles. The molecule has 212 valence electrons. The van der Waals surface area contributed by atoms with Gasteiger partial charge in [-0.3, -0.25) is 0 Å². The summed E-state index contributed by atoms with van der Waals surface area (Å²) in [6, 6.07) is 12.1. The standard InChI is InChI=1S/C30H33ClF2N2O4Si/c1-18-23-22(39-30(18,17-36)20-10-8-7-9-11-20)14-21(32)26(31)25(23)24-19(15-34)16-35-28(27(24)33)37-12-13-38-40(5,6)29(2,3)4/h7-11,14,16,18,36H,12-13,17H2,1-6H3/t18-,30-/m0/s1. The Morgan fingerprint density at radius 2 is 1.85 bits per heavy atom. The van der Waals surface area contributed by atoms with Crippen LogP contribution in [0.15, 0.2) is 42.6 Å². The molecule has 1 aliphatic heterocycles. The number of nitriles is 1. The normalized spacial score (nSPS) is 18.7. The van der Waals surface area contributed by atoms with Crippen LogP contribution in [0.3, 0.4) is 0 Å². The zero-order valence-electron chi connectivity index (χ0n) is 23.4. The molecule has 0 bridgehead atoms. The van der Waals surface area contributed by atoms with E-state index in [2.05, 4.69) is 38.8 Å². The lowest BCUT2D eigenvalue weighted by Crippen LogP contribution is -2.41. The first-order chi connectivity index (χ1) is 18.8. The Labute approximate surface area is 239 Å². The van der Waals surface area contributed by atoms with Gasteiger partial charge in [-0.25, -0.2) is 13.8 Å². The van der Waals surface area contributed by atoms with Gasteiger partial charge in [0, 0.05) is 34.9 Å². The predicted octanol–water partition coefficient (Wildman–Crippen LogP) is 7.34. The highest BCUT2D eigenvalue weighted by atomic mass is 35.5. The van der Waals surface area contributed by atoms with Crippen LogP contribution >= 0.6 is 11.6 Å². The maximum absolute atomic E-state index is 16.1. The Morgan fingerprint density at radius 3 is 2.45 bits per heavy atom. The summed E-state index contributed by atoms with van der Waals surface area (Å²) in [6.45, 7) is 12.1. The van der Waals surface area contributed by atoms with Gasteiger partial charge >= 0.3 is 0 Å². The van der Waals surface area contributed by atoms with Crippen molar-refractivity contribution < 1.29 is 27.8 Å². The molecule has 0 unspecified atom stereocenters. The first-order valence-electron chi connectivity index (χ1n) is 13.0. The molecule has 0 spiro atoms. The van der Waals surface area contributed by atoms with Gasteiger partial charge in [0.2, 0.25) is 0 Å². The highest BCUT2D eigenvalue weighted by Gasteiger charge is 2.49. The van der Waals surface area contributed by atoms with E-state index in [0.29, 0.717) is 11.1 Å². The van der Waals surface area contributed by atoms with Crippen molar-refractivity contribution >= 4 is 19.9 Å². The third-order valence-corrected chi connectivity index (χ3v) is 13.0. The van der Waals surface area contributed by atoms with Crippen molar-refractivity contribution in [2.45, 2.75) is 57.3 Å². The second-order valence-electron chi connectivity index (χ2n) is 11.4. The summed E-state index contributed by atoms with van der Waals surface area (Å²) in [5.41, 5.74) is -0.662. The largest absolute Gasteiger partial charge is 0.479 e. The fourth-order valence-electron chi connectivity index (χ4n) is 4.73. The predicted molar refractivity (Wildman–Crippen MR) is 152 cm³/mol. The molecule has 2 heterocycles. The summed E-state index contributed by atoms with van der Waals surface area (Å²) >= 11 is 6.49. The minimum Gasteiger partial charge on any atom is -0.479 e. The van der Waals surface area contributed by atoms with Gasteiger partial charge < -0.3 is 19.0 Å². The summed E-state index contributed by atoms with van der Waals surface area (Å²) in [5, 5.41) is 20.0. The molecular weight excluding hydrogens is 554 g/mol. The molecule has 2 atom stereocenters. The Bertz CT molecular complexity index is 1460. The smallest absolute Gasteiger partial charge is 0.251 e. The van der Waals surface area contributed by atoms with E-state index >= 15 is 8.78 Å². The van der Waals surface area contributed by atoms with Gasteiger partial charge in [0.05, 0.1) is 23.8 Å². The van der Waals surface area contributed by atoms with Crippen LogP contribution in [-0.2, 0) is 10.0 Å². The molecule has 0 radical (unpaired) electrons. The zero-order chi connectivity index (χ0) is 29.5. The lowest BCUT2D eigenvalue weighted by Gasteiger charge is -2.36. The van der Waals surface area contributed by atoms with Crippen LogP contribution in [0.4, 0.5) is 8.78 Å². The van der Waals surface area contributed by atoms with Crippen molar-refractivity contribution in [2.24, 2.45) is 0 Å². The Hall–Kier alpha value is -3.03. The molecule has 10 heteroatoms. The van der Waals surface area contributed by atoms with Gasteiger partial charge in [0.1, 0.15) is 24.2 Å². The van der Waals surface area contributed by atoms with Crippen molar-refractivity contribution in [3.63, 3.8) is 0 Å². The van der Waals surface area contributed by atoms with E-state index in [9.17, 15) is 10.4 Å². The van der Waals surface area contributed by atoms with Crippen LogP contribution in [0.25, 0.3) is 11.1 Å². The molecular formula is C30H33ClF2N2O4Si. The average Bonchev–Trinajstić information content (AvgIpc) is 3.20. The number of halogens is 3. The third kappa shape index (κ3) is 5.10. The maximum atomic E-state index is 16.1. The van der Waals surface area contributed by atoms with Gasteiger partial charge in [-0.1, -0.05) is 69.6 Å². The highest BCUT2D eigenvalue weighted by molar-refractivity contribution is 6.74. The molecule has 0 fully saturated rings. The molecule has 0 amide bonds. The molecule has 4 rings (SSSR count). The number of benzene rings is 2. The van der Waals surface area contributed by atoms with Crippen molar-refractivity contribution in [1.29, 1.82) is 5.26 Å². The van der Waals surface area contributed by atoms with Crippen molar-refractivity contribution in [3.8, 4) is 28.8 Å². The number of rotatable bonds is 8. The number of nitrogens with zero attached hydrogens (tertiary/aromatic N) is 2. The van der Waals surface area contributed by atoms with Crippen LogP contribution in [0.2, 0.25) is 23.2 Å². The second kappa shape index (κ2) is 11.1. The van der Waals surface area contributed by atoms with E-state index in [1.807, 2.05) is 12.1 Å². The molecule has 1 N–H and O–H groups in total. The number of hydrogen-bond donors (Lipinski definition) is 1. The van der Waals surface area contributed by atoms with Crippen molar-refractivity contribution in [2.75, 3.05) is 19.8 Å². The average molecular weight is 587 g/mol. The Morgan fingerprint density at radius 1 is 1.18 bits per heavy atom. The number of aromatic nitrogens is 1. The van der Waals surface area contributed by atoms with Gasteiger partial charge in [-0.2, -0.15) is 5.26 Å². The molecule has 3 aromatic rings. The quantitative estimate of drug-likeness (QED) is 0.220. The lowest BCUT2D eigenvalue weighted by molar-refractivity contribution is 0.00737. The van der Waals surface area contributed by atoms with Gasteiger partial charge in [0.15, 0.2) is 19.7 Å². The summed E-state index contributed by atoms with van der Waals surface area (Å²) in [6.07, 6.45) is 1.17. The van der Waals surface area contributed by atoms with E-state index < -0.39 is 38.1 Å². The highest BCUT2D eigenvalue weighted by Crippen LogP contribution is 2.56. The minimum atomic E-state index is -2.04. The Kier molecular flexibility index (Phi) is 8.30. The molecule has 2 aromatic carbocycles. The topological polar surface area (TPSA) is 84.6 Å². The third-order valence-electron chi connectivity index (χ3n) is 8.09. The molecule has 40 heavy (non-hydrogen) atoms. The summed E-state index contributed by atoms with van der Waals surface area (Å²) in [7, 11) is -2.04. The van der Waals surface area contributed by atoms with Crippen LogP contribution < -0.4 is 9.47 Å². The monoisotopic (exact) mass is 586 g/mol. The first-order valence-corrected chi connectivity index (χ1v) is 16.3. The molecule has 0 aliphatic carbocycles. The van der Waals surface area contributed by atoms with E-state index in [1.54, 1.807) is 31.2 Å². The SMILES string of the molecule is C[C@H]1c2c(cc(F)c(Cl)c2-c2c(C#N)cnc(OCCO[Si](C)(C)C(C)(C)C)c2F)O[C@]1(CO)c1ccccc1. The van der Waals surface area contributed by atoms with E-state index in [1.165, 1.54) is 6.20 Å². The van der Waals surface area contributed by atoms with Gasteiger partial charge in [-0.05, 0) is 23.7 Å².